The van der Waals surface area contributed by atoms with E-state index in [1.54, 1.807) is 24.3 Å². The molecule has 1 aromatic carbocycles. The van der Waals surface area contributed by atoms with Crippen LogP contribution in [0.2, 0.25) is 5.02 Å². The van der Waals surface area contributed by atoms with Crippen molar-refractivity contribution in [3.05, 3.63) is 35.0 Å². The lowest BCUT2D eigenvalue weighted by atomic mass is 10.3. The van der Waals surface area contributed by atoms with Gasteiger partial charge in [-0.25, -0.2) is 0 Å². The molecular formula is C10H10ClN3O. The fourth-order valence-electron chi connectivity index (χ4n) is 1.17. The summed E-state index contributed by atoms with van der Waals surface area (Å²) in [5.74, 6) is 1.03. The van der Waals surface area contributed by atoms with Gasteiger partial charge in [0.15, 0.2) is 5.75 Å². The van der Waals surface area contributed by atoms with E-state index in [2.05, 4.69) is 10.2 Å². The summed E-state index contributed by atoms with van der Waals surface area (Å²) in [6, 6.07) is 6.85. The summed E-state index contributed by atoms with van der Waals surface area (Å²) in [5, 5.41) is 7.30. The Labute approximate surface area is 92.0 Å². The van der Waals surface area contributed by atoms with Gasteiger partial charge in [0.2, 0.25) is 5.88 Å². The molecule has 0 saturated heterocycles. The molecule has 0 saturated carbocycles. The molecule has 0 radical (unpaired) electrons. The molecule has 0 aliphatic carbocycles. The van der Waals surface area contributed by atoms with Crippen molar-refractivity contribution in [2.75, 3.05) is 5.73 Å². The molecule has 1 aromatic heterocycles. The SMILES string of the molecule is Cc1cc(Oc2ccc(Cl)cc2N)n[nH]1. The first kappa shape index (κ1) is 9.86. The standard InChI is InChI=1S/C10H10ClN3O/c1-6-4-10(14-13-6)15-9-3-2-7(11)5-8(9)12/h2-5H,12H2,1H3,(H,13,14). The minimum Gasteiger partial charge on any atom is -0.435 e. The van der Waals surface area contributed by atoms with Gasteiger partial charge in [0.1, 0.15) is 0 Å². The van der Waals surface area contributed by atoms with Crippen molar-refractivity contribution < 1.29 is 4.74 Å². The van der Waals surface area contributed by atoms with Crippen LogP contribution in [0, 0.1) is 6.92 Å². The highest BCUT2D eigenvalue weighted by Gasteiger charge is 2.04. The van der Waals surface area contributed by atoms with Crippen molar-refractivity contribution in [3.8, 4) is 11.6 Å². The maximum Gasteiger partial charge on any atom is 0.238 e. The highest BCUT2D eigenvalue weighted by molar-refractivity contribution is 6.30. The molecule has 0 fully saturated rings. The molecule has 2 aromatic rings. The van der Waals surface area contributed by atoms with E-state index in [4.69, 9.17) is 22.1 Å². The van der Waals surface area contributed by atoms with Crippen LogP contribution in [0.1, 0.15) is 5.69 Å². The van der Waals surface area contributed by atoms with Crippen molar-refractivity contribution in [3.63, 3.8) is 0 Å². The summed E-state index contributed by atoms with van der Waals surface area (Å²) < 4.78 is 5.46. The number of H-pyrrole nitrogens is 1. The summed E-state index contributed by atoms with van der Waals surface area (Å²) in [6.45, 7) is 1.89. The van der Waals surface area contributed by atoms with E-state index in [0.29, 0.717) is 22.3 Å². The number of hydrogen-bond donors (Lipinski definition) is 2. The molecule has 3 N–H and O–H groups in total. The summed E-state index contributed by atoms with van der Waals surface area (Å²) >= 11 is 5.77. The highest BCUT2D eigenvalue weighted by Crippen LogP contribution is 2.28. The zero-order chi connectivity index (χ0) is 10.8. The molecule has 5 heteroatoms. The Hall–Kier alpha value is -1.68. The molecule has 15 heavy (non-hydrogen) atoms. The molecule has 0 aliphatic heterocycles. The number of nitrogens with zero attached hydrogens (tertiary/aromatic N) is 1. The molecule has 2 rings (SSSR count). The van der Waals surface area contributed by atoms with E-state index in [1.807, 2.05) is 6.92 Å². The Kier molecular flexibility index (Phi) is 2.51. The van der Waals surface area contributed by atoms with Crippen molar-refractivity contribution in [2.24, 2.45) is 0 Å². The smallest absolute Gasteiger partial charge is 0.238 e. The third-order valence-electron chi connectivity index (χ3n) is 1.87. The van der Waals surface area contributed by atoms with Gasteiger partial charge in [0.05, 0.1) is 5.69 Å². The van der Waals surface area contributed by atoms with E-state index in [1.165, 1.54) is 0 Å². The number of nitrogens with two attached hydrogens (primary N) is 1. The van der Waals surface area contributed by atoms with Gasteiger partial charge in [0.25, 0.3) is 0 Å². The van der Waals surface area contributed by atoms with Crippen LogP contribution in [0.5, 0.6) is 11.6 Å². The number of aryl methyl sites for hydroxylation is 1. The average Bonchev–Trinajstić information content (AvgIpc) is 2.56. The Morgan fingerprint density at radius 2 is 2.20 bits per heavy atom. The van der Waals surface area contributed by atoms with Gasteiger partial charge in [-0.2, -0.15) is 0 Å². The molecule has 0 bridgehead atoms. The number of anilines is 1. The minimum absolute atomic E-state index is 0.488. The number of benzene rings is 1. The van der Waals surface area contributed by atoms with Gasteiger partial charge in [-0.3, -0.25) is 5.10 Å². The molecular weight excluding hydrogens is 214 g/mol. The topological polar surface area (TPSA) is 63.9 Å². The van der Waals surface area contributed by atoms with Crippen molar-refractivity contribution in [2.45, 2.75) is 6.92 Å². The Balaban J connectivity index is 2.24. The molecule has 4 nitrogen and oxygen atoms in total. The van der Waals surface area contributed by atoms with Gasteiger partial charge >= 0.3 is 0 Å². The van der Waals surface area contributed by atoms with Gasteiger partial charge in [-0.05, 0) is 25.1 Å². The number of rotatable bonds is 2. The molecule has 0 atom stereocenters. The van der Waals surface area contributed by atoms with Crippen LogP contribution in [-0.4, -0.2) is 10.2 Å². The first-order valence-electron chi connectivity index (χ1n) is 4.40. The van der Waals surface area contributed by atoms with Crippen LogP contribution in [0.3, 0.4) is 0 Å². The van der Waals surface area contributed by atoms with Gasteiger partial charge < -0.3 is 10.5 Å². The number of nitrogens with one attached hydrogen (secondary N) is 1. The lowest BCUT2D eigenvalue weighted by Crippen LogP contribution is -1.91. The number of halogens is 1. The van der Waals surface area contributed by atoms with E-state index in [-0.39, 0.29) is 0 Å². The third kappa shape index (κ3) is 2.22. The largest absolute Gasteiger partial charge is 0.435 e. The lowest BCUT2D eigenvalue weighted by molar-refractivity contribution is 0.464. The minimum atomic E-state index is 0.488. The second-order valence-corrected chi connectivity index (χ2v) is 3.61. The van der Waals surface area contributed by atoms with Crippen LogP contribution in [0.15, 0.2) is 24.3 Å². The van der Waals surface area contributed by atoms with Crippen LogP contribution < -0.4 is 10.5 Å². The van der Waals surface area contributed by atoms with Gasteiger partial charge in [-0.1, -0.05) is 11.6 Å². The predicted molar refractivity (Wildman–Crippen MR) is 59.3 cm³/mol. The molecule has 1 heterocycles. The highest BCUT2D eigenvalue weighted by atomic mass is 35.5. The maximum atomic E-state index is 5.77. The second-order valence-electron chi connectivity index (χ2n) is 3.17. The summed E-state index contributed by atoms with van der Waals surface area (Å²) in [4.78, 5) is 0. The van der Waals surface area contributed by atoms with Crippen molar-refractivity contribution >= 4 is 17.3 Å². The van der Waals surface area contributed by atoms with Crippen LogP contribution >= 0.6 is 11.6 Å². The first-order chi connectivity index (χ1) is 7.15. The molecule has 0 spiro atoms. The van der Waals surface area contributed by atoms with Crippen LogP contribution in [0.4, 0.5) is 5.69 Å². The lowest BCUT2D eigenvalue weighted by Gasteiger charge is -2.05. The number of ether oxygens (including phenoxy) is 1. The maximum absolute atomic E-state index is 5.77. The number of nitrogen functional groups attached to an aromatic ring is 1. The average molecular weight is 224 g/mol. The third-order valence-corrected chi connectivity index (χ3v) is 2.10. The quantitative estimate of drug-likeness (QED) is 0.770. The fraction of sp³-hybridized carbons (Fsp3) is 0.100. The van der Waals surface area contributed by atoms with E-state index >= 15 is 0 Å². The van der Waals surface area contributed by atoms with Crippen LogP contribution in [0.25, 0.3) is 0 Å². The zero-order valence-electron chi connectivity index (χ0n) is 8.12. The summed E-state index contributed by atoms with van der Waals surface area (Å²) in [5.41, 5.74) is 7.15. The zero-order valence-corrected chi connectivity index (χ0v) is 8.88. The van der Waals surface area contributed by atoms with Crippen molar-refractivity contribution in [1.82, 2.24) is 10.2 Å². The van der Waals surface area contributed by atoms with Crippen LogP contribution in [-0.2, 0) is 0 Å². The van der Waals surface area contributed by atoms with Gasteiger partial charge in [0, 0.05) is 16.8 Å². The van der Waals surface area contributed by atoms with E-state index < -0.39 is 0 Å². The number of aromatic nitrogens is 2. The predicted octanol–water partition coefficient (Wildman–Crippen LogP) is 2.75. The van der Waals surface area contributed by atoms with Gasteiger partial charge in [-0.15, -0.1) is 5.10 Å². The molecule has 0 aliphatic rings. The Bertz CT molecular complexity index is 481. The monoisotopic (exact) mass is 223 g/mol. The summed E-state index contributed by atoms with van der Waals surface area (Å²) in [6.07, 6.45) is 0. The van der Waals surface area contributed by atoms with E-state index in [9.17, 15) is 0 Å². The number of hydrogen-bond acceptors (Lipinski definition) is 3. The van der Waals surface area contributed by atoms with Crippen molar-refractivity contribution in [1.29, 1.82) is 0 Å². The Morgan fingerprint density at radius 1 is 1.40 bits per heavy atom. The first-order valence-corrected chi connectivity index (χ1v) is 4.78. The number of aromatic amines is 1. The fourth-order valence-corrected chi connectivity index (χ4v) is 1.35. The molecule has 0 unspecified atom stereocenters. The van der Waals surface area contributed by atoms with E-state index in [0.717, 1.165) is 5.69 Å². The summed E-state index contributed by atoms with van der Waals surface area (Å²) in [7, 11) is 0. The normalized spacial score (nSPS) is 10.3. The second kappa shape index (κ2) is 3.82. The molecule has 78 valence electrons. The molecule has 0 amide bonds. The Morgan fingerprint density at radius 3 is 2.80 bits per heavy atom.